The van der Waals surface area contributed by atoms with Crippen LogP contribution in [0.5, 0.6) is 0 Å². The van der Waals surface area contributed by atoms with E-state index >= 15 is 0 Å². The molecular formula is C19H17N5. The summed E-state index contributed by atoms with van der Waals surface area (Å²) in [7, 11) is 1.86. The molecule has 0 atom stereocenters. The highest BCUT2D eigenvalue weighted by molar-refractivity contribution is 5.94. The van der Waals surface area contributed by atoms with Gasteiger partial charge in [0.1, 0.15) is 6.07 Å². The number of aromatic nitrogens is 2. The van der Waals surface area contributed by atoms with Crippen molar-refractivity contribution in [2.24, 2.45) is 7.05 Å². The van der Waals surface area contributed by atoms with Crippen molar-refractivity contribution in [1.82, 2.24) is 9.78 Å². The molecule has 2 N–H and O–H groups in total. The Bertz CT molecular complexity index is 1010. The van der Waals surface area contributed by atoms with E-state index in [1.807, 2.05) is 31.3 Å². The van der Waals surface area contributed by atoms with Crippen LogP contribution in [0.25, 0.3) is 22.0 Å². The van der Waals surface area contributed by atoms with Crippen LogP contribution in [0, 0.1) is 11.3 Å². The zero-order valence-corrected chi connectivity index (χ0v) is 13.4. The van der Waals surface area contributed by atoms with Gasteiger partial charge < -0.3 is 10.6 Å². The number of fused-ring (bicyclic) bond motifs is 2. The largest absolute Gasteiger partial charge is 0.382 e. The van der Waals surface area contributed by atoms with Crippen LogP contribution >= 0.6 is 0 Å². The van der Waals surface area contributed by atoms with E-state index in [0.29, 0.717) is 5.69 Å². The number of hydrogen-bond acceptors (Lipinski definition) is 4. The second-order valence-electron chi connectivity index (χ2n) is 5.95. The molecule has 3 aromatic rings. The summed E-state index contributed by atoms with van der Waals surface area (Å²) < 4.78 is 1.74. The Kier molecular flexibility index (Phi) is 3.24. The normalized spacial score (nSPS) is 13.6. The van der Waals surface area contributed by atoms with Gasteiger partial charge in [0.25, 0.3) is 0 Å². The van der Waals surface area contributed by atoms with E-state index in [1.165, 1.54) is 0 Å². The molecule has 0 amide bonds. The van der Waals surface area contributed by atoms with Crippen LogP contribution in [0.2, 0.25) is 0 Å². The predicted octanol–water partition coefficient (Wildman–Crippen LogP) is 3.85. The standard InChI is InChI=1S/C19H17N5/c1-12-8-9-21-19-14(4-3-5-16(19)22-12)13-6-7-18-15(10-13)17(11-20)23-24(18)2/h3-7,10,21-22H,1,8-9H2,2H3. The smallest absolute Gasteiger partial charge is 0.170 e. The van der Waals surface area contributed by atoms with Crippen molar-refractivity contribution < 1.29 is 0 Å². The Hall–Kier alpha value is -3.26. The molecule has 24 heavy (non-hydrogen) atoms. The lowest BCUT2D eigenvalue weighted by Crippen LogP contribution is -2.00. The number of nitriles is 1. The van der Waals surface area contributed by atoms with Gasteiger partial charge in [-0.1, -0.05) is 24.8 Å². The van der Waals surface area contributed by atoms with Gasteiger partial charge in [0.05, 0.1) is 16.9 Å². The lowest BCUT2D eigenvalue weighted by molar-refractivity contribution is 0.791. The zero-order valence-electron chi connectivity index (χ0n) is 13.4. The highest BCUT2D eigenvalue weighted by atomic mass is 15.3. The first-order valence-electron chi connectivity index (χ1n) is 7.86. The minimum atomic E-state index is 0.454. The first-order chi connectivity index (χ1) is 11.7. The Morgan fingerprint density at radius 2 is 2.17 bits per heavy atom. The average Bonchev–Trinajstić information content (AvgIpc) is 2.78. The molecule has 118 valence electrons. The van der Waals surface area contributed by atoms with Crippen LogP contribution in [-0.4, -0.2) is 16.3 Å². The molecule has 0 radical (unpaired) electrons. The van der Waals surface area contributed by atoms with Crippen molar-refractivity contribution in [1.29, 1.82) is 5.26 Å². The number of para-hydroxylation sites is 1. The third-order valence-corrected chi connectivity index (χ3v) is 4.37. The molecular weight excluding hydrogens is 298 g/mol. The van der Waals surface area contributed by atoms with Crippen molar-refractivity contribution >= 4 is 22.3 Å². The van der Waals surface area contributed by atoms with Gasteiger partial charge in [0.15, 0.2) is 5.69 Å². The van der Waals surface area contributed by atoms with Crippen molar-refractivity contribution in [3.63, 3.8) is 0 Å². The Morgan fingerprint density at radius 3 is 3.00 bits per heavy atom. The fourth-order valence-corrected chi connectivity index (χ4v) is 3.19. The maximum atomic E-state index is 9.31. The average molecular weight is 315 g/mol. The van der Waals surface area contributed by atoms with E-state index in [0.717, 1.165) is 52.1 Å². The van der Waals surface area contributed by atoms with Crippen LogP contribution in [-0.2, 0) is 7.05 Å². The van der Waals surface area contributed by atoms with Crippen LogP contribution in [0.3, 0.4) is 0 Å². The monoisotopic (exact) mass is 315 g/mol. The molecule has 0 aliphatic carbocycles. The first-order valence-corrected chi connectivity index (χ1v) is 7.86. The molecule has 0 spiro atoms. The summed E-state index contributed by atoms with van der Waals surface area (Å²) in [4.78, 5) is 0. The van der Waals surface area contributed by atoms with E-state index < -0.39 is 0 Å². The Balaban J connectivity index is 1.91. The van der Waals surface area contributed by atoms with Gasteiger partial charge in [0, 0.05) is 36.7 Å². The molecule has 0 unspecified atom stereocenters. The Morgan fingerprint density at radius 1 is 1.29 bits per heavy atom. The fourth-order valence-electron chi connectivity index (χ4n) is 3.19. The molecule has 2 aromatic carbocycles. The molecule has 0 saturated heterocycles. The van der Waals surface area contributed by atoms with Crippen molar-refractivity contribution in [3.05, 3.63) is 54.4 Å². The number of rotatable bonds is 1. The number of hydrogen-bond donors (Lipinski definition) is 2. The lowest BCUT2D eigenvalue weighted by Gasteiger charge is -2.14. The van der Waals surface area contributed by atoms with Gasteiger partial charge in [-0.2, -0.15) is 10.4 Å². The topological polar surface area (TPSA) is 65.7 Å². The second-order valence-corrected chi connectivity index (χ2v) is 5.95. The molecule has 5 nitrogen and oxygen atoms in total. The number of anilines is 2. The summed E-state index contributed by atoms with van der Waals surface area (Å²) in [6, 6.07) is 14.5. The molecule has 1 aliphatic rings. The van der Waals surface area contributed by atoms with Gasteiger partial charge in [0.2, 0.25) is 0 Å². The SMILES string of the molecule is C=C1CCNc2c(cccc2-c2ccc3c(c2)c(C#N)nn3C)N1. The van der Waals surface area contributed by atoms with Gasteiger partial charge in [-0.25, -0.2) is 0 Å². The third-order valence-electron chi connectivity index (χ3n) is 4.37. The number of nitrogens with zero attached hydrogens (tertiary/aromatic N) is 3. The van der Waals surface area contributed by atoms with E-state index in [1.54, 1.807) is 4.68 Å². The molecule has 1 aliphatic heterocycles. The van der Waals surface area contributed by atoms with Crippen LogP contribution in [0.1, 0.15) is 12.1 Å². The number of aryl methyl sites for hydroxylation is 1. The molecule has 4 rings (SSSR count). The van der Waals surface area contributed by atoms with E-state index in [2.05, 4.69) is 40.5 Å². The molecule has 0 saturated carbocycles. The molecule has 0 bridgehead atoms. The molecule has 0 fully saturated rings. The quantitative estimate of drug-likeness (QED) is 0.716. The van der Waals surface area contributed by atoms with Gasteiger partial charge in [-0.3, -0.25) is 4.68 Å². The van der Waals surface area contributed by atoms with Gasteiger partial charge in [-0.15, -0.1) is 0 Å². The minimum absolute atomic E-state index is 0.454. The van der Waals surface area contributed by atoms with Crippen LogP contribution in [0.15, 0.2) is 48.7 Å². The van der Waals surface area contributed by atoms with Gasteiger partial charge in [-0.05, 0) is 23.8 Å². The van der Waals surface area contributed by atoms with Crippen LogP contribution in [0.4, 0.5) is 11.4 Å². The Labute approximate surface area is 140 Å². The zero-order chi connectivity index (χ0) is 16.7. The summed E-state index contributed by atoms with van der Waals surface area (Å²) in [5, 5.41) is 21.3. The maximum absolute atomic E-state index is 9.31. The fraction of sp³-hybridized carbons (Fsp3) is 0.158. The first kappa shape index (κ1) is 14.3. The summed E-state index contributed by atoms with van der Waals surface area (Å²) >= 11 is 0. The summed E-state index contributed by atoms with van der Waals surface area (Å²) in [5.74, 6) is 0. The third kappa shape index (κ3) is 2.20. The molecule has 2 heterocycles. The van der Waals surface area contributed by atoms with E-state index in [4.69, 9.17) is 0 Å². The summed E-state index contributed by atoms with van der Waals surface area (Å²) in [6.07, 6.45) is 0.883. The lowest BCUT2D eigenvalue weighted by atomic mass is 10.0. The molecule has 1 aromatic heterocycles. The van der Waals surface area contributed by atoms with Gasteiger partial charge >= 0.3 is 0 Å². The van der Waals surface area contributed by atoms with Crippen LogP contribution < -0.4 is 10.6 Å². The van der Waals surface area contributed by atoms with E-state index in [-0.39, 0.29) is 0 Å². The highest BCUT2D eigenvalue weighted by Crippen LogP contribution is 2.37. The second kappa shape index (κ2) is 5.43. The van der Waals surface area contributed by atoms with Crippen molar-refractivity contribution in [2.45, 2.75) is 6.42 Å². The number of nitrogens with one attached hydrogen (secondary N) is 2. The van der Waals surface area contributed by atoms with Crippen molar-refractivity contribution in [3.8, 4) is 17.2 Å². The van der Waals surface area contributed by atoms with E-state index in [9.17, 15) is 5.26 Å². The molecule has 5 heteroatoms. The van der Waals surface area contributed by atoms with Crippen molar-refractivity contribution in [2.75, 3.05) is 17.2 Å². The summed E-state index contributed by atoms with van der Waals surface area (Å²) in [5.41, 5.74) is 6.68. The maximum Gasteiger partial charge on any atom is 0.170 e. The number of benzene rings is 2. The predicted molar refractivity (Wildman–Crippen MR) is 96.7 cm³/mol. The highest BCUT2D eigenvalue weighted by Gasteiger charge is 2.15. The minimum Gasteiger partial charge on any atom is -0.382 e. The summed E-state index contributed by atoms with van der Waals surface area (Å²) in [6.45, 7) is 4.89.